The third kappa shape index (κ3) is 63.0. The molecule has 0 saturated heterocycles. The van der Waals surface area contributed by atoms with Crippen LogP contribution in [0.1, 0.15) is 498 Å². The maximum absolute atomic E-state index is 3.13. The van der Waals surface area contributed by atoms with Crippen LogP contribution in [0.15, 0.2) is 0 Å². The summed E-state index contributed by atoms with van der Waals surface area (Å²) in [5.74, 6) is 0. The predicted molar refractivity (Wildman–Crippen MR) is 380 cm³/mol. The molecular weight excluding hydrogens is 987 g/mol. The Morgan fingerprint density at radius 3 is 0.463 bits per heavy atom. The Bertz CT molecular complexity index is 1090. The van der Waals surface area contributed by atoms with Crippen molar-refractivity contribution in [3.8, 4) is 0 Å². The van der Waals surface area contributed by atoms with Gasteiger partial charge in [-0.15, -0.1) is 0 Å². The monoisotopic (exact) mass is 1150 g/mol. The second kappa shape index (κ2) is 68.5. The van der Waals surface area contributed by atoms with Gasteiger partial charge in [0.25, 0.3) is 0 Å². The van der Waals surface area contributed by atoms with E-state index in [1.54, 1.807) is 0 Å². The maximum Gasteiger partial charge on any atom is 0.0181 e. The Morgan fingerprint density at radius 1 is 0.159 bits per heavy atom. The van der Waals surface area contributed by atoms with E-state index in [9.17, 15) is 0 Å². The highest BCUT2D eigenvalue weighted by molar-refractivity contribution is 4.87. The molecule has 0 bridgehead atoms. The number of hydrogen-bond donors (Lipinski definition) is 0. The third-order valence-electron chi connectivity index (χ3n) is 20.4. The van der Waals surface area contributed by atoms with Gasteiger partial charge < -0.3 is 0 Å². The zero-order valence-corrected chi connectivity index (χ0v) is 59.4. The van der Waals surface area contributed by atoms with Gasteiger partial charge in [-0.2, -0.15) is 0 Å². The molecule has 0 aliphatic rings. The standard InChI is InChI=1S/C81H165N/c1-8-12-16-20-24-28-32-36-40-43-46-50-54-58-62-68-74-80(5,6)75-69-64-65-71-77-81(7,76-70-63-59-55-51-47-39-35-31-27-23-19-15-11-4)82(78-72-66-60-56-52-48-44-41-37-33-29-25-21-17-13-9-2)79-73-67-61-57-53-49-45-42-38-34-30-26-22-18-14-10-3/h8-79H2,1-7H3. The molecule has 0 heterocycles. The summed E-state index contributed by atoms with van der Waals surface area (Å²) in [5.41, 5.74) is 0.906. The highest BCUT2D eigenvalue weighted by Crippen LogP contribution is 2.34. The lowest BCUT2D eigenvalue weighted by Gasteiger charge is -2.42. The molecule has 0 amide bonds. The lowest BCUT2D eigenvalue weighted by atomic mass is 9.81. The Balaban J connectivity index is 5.13. The Morgan fingerprint density at radius 2 is 0.293 bits per heavy atom. The number of hydrogen-bond acceptors (Lipinski definition) is 1. The molecule has 1 atom stereocenters. The minimum Gasteiger partial charge on any atom is -0.298 e. The van der Waals surface area contributed by atoms with Gasteiger partial charge in [0.15, 0.2) is 0 Å². The van der Waals surface area contributed by atoms with E-state index < -0.39 is 0 Å². The Kier molecular flexibility index (Phi) is 68.4. The molecule has 0 aromatic rings. The average Bonchev–Trinajstić information content (AvgIpc) is 3.62. The third-order valence-corrected chi connectivity index (χ3v) is 20.4. The van der Waals surface area contributed by atoms with E-state index >= 15 is 0 Å². The molecular formula is C81H165N. The highest BCUT2D eigenvalue weighted by atomic mass is 15.2. The minimum absolute atomic E-state index is 0.384. The molecule has 0 rings (SSSR count). The Labute approximate surface area is 524 Å². The molecule has 0 spiro atoms. The van der Waals surface area contributed by atoms with E-state index in [0.29, 0.717) is 11.0 Å². The smallest absolute Gasteiger partial charge is 0.0181 e. The molecule has 82 heavy (non-hydrogen) atoms. The maximum atomic E-state index is 3.13. The molecule has 0 aromatic carbocycles. The van der Waals surface area contributed by atoms with Crippen molar-refractivity contribution in [3.05, 3.63) is 0 Å². The van der Waals surface area contributed by atoms with E-state index in [4.69, 9.17) is 0 Å². The highest BCUT2D eigenvalue weighted by Gasteiger charge is 2.30. The van der Waals surface area contributed by atoms with Crippen molar-refractivity contribution >= 4 is 0 Å². The van der Waals surface area contributed by atoms with E-state index in [2.05, 4.69) is 53.4 Å². The van der Waals surface area contributed by atoms with Crippen LogP contribution in [0, 0.1) is 5.41 Å². The van der Waals surface area contributed by atoms with Crippen LogP contribution in [0.3, 0.4) is 0 Å². The quantitative estimate of drug-likeness (QED) is 0.0549. The second-order valence-corrected chi connectivity index (χ2v) is 29.6. The van der Waals surface area contributed by atoms with E-state index in [1.807, 2.05) is 0 Å². The SMILES string of the molecule is CCCCCCCCCCCCCCCCCCN(CCCCCCCCCCCCCCCCCC)C(C)(CCCCCCCCCCCCCCCC)CCCCCCC(C)(C)CCCCCCCCCCCCCCCCCC. The summed E-state index contributed by atoms with van der Waals surface area (Å²) >= 11 is 0. The number of nitrogens with zero attached hydrogens (tertiary/aromatic N) is 1. The summed E-state index contributed by atoms with van der Waals surface area (Å²) in [5, 5.41) is 0. The van der Waals surface area contributed by atoms with Crippen LogP contribution in [0.2, 0.25) is 0 Å². The summed E-state index contributed by atoms with van der Waals surface area (Å²) in [4.78, 5) is 3.13. The average molecular weight is 1150 g/mol. The summed E-state index contributed by atoms with van der Waals surface area (Å²) in [6.07, 6.45) is 102. The fourth-order valence-electron chi connectivity index (χ4n) is 14.2. The van der Waals surface area contributed by atoms with Crippen LogP contribution in [-0.2, 0) is 0 Å². The Hall–Kier alpha value is -0.0400. The molecule has 0 saturated carbocycles. The fourth-order valence-corrected chi connectivity index (χ4v) is 14.2. The van der Waals surface area contributed by atoms with Crippen molar-refractivity contribution in [3.63, 3.8) is 0 Å². The molecule has 0 fully saturated rings. The topological polar surface area (TPSA) is 3.24 Å². The van der Waals surface area contributed by atoms with Crippen molar-refractivity contribution in [1.29, 1.82) is 0 Å². The van der Waals surface area contributed by atoms with Crippen LogP contribution in [0.4, 0.5) is 0 Å². The van der Waals surface area contributed by atoms with Crippen molar-refractivity contribution in [2.45, 2.75) is 503 Å². The van der Waals surface area contributed by atoms with Crippen molar-refractivity contribution < 1.29 is 0 Å². The first-order chi connectivity index (χ1) is 40.3. The van der Waals surface area contributed by atoms with Gasteiger partial charge in [-0.25, -0.2) is 0 Å². The first kappa shape index (κ1) is 82.0. The lowest BCUT2D eigenvalue weighted by Crippen LogP contribution is -2.47. The molecule has 494 valence electrons. The predicted octanol–water partition coefficient (Wildman–Crippen LogP) is 30.5. The van der Waals surface area contributed by atoms with Gasteiger partial charge in [-0.1, -0.05) is 452 Å². The molecule has 0 aromatic heterocycles. The van der Waals surface area contributed by atoms with Crippen LogP contribution in [0.5, 0.6) is 0 Å². The van der Waals surface area contributed by atoms with Gasteiger partial charge >= 0.3 is 0 Å². The van der Waals surface area contributed by atoms with Gasteiger partial charge in [0.1, 0.15) is 0 Å². The molecule has 0 N–H and O–H groups in total. The number of unbranched alkanes of at least 4 members (excludes halogenated alkanes) is 61. The minimum atomic E-state index is 0.384. The van der Waals surface area contributed by atoms with Crippen LogP contribution >= 0.6 is 0 Å². The van der Waals surface area contributed by atoms with E-state index in [0.717, 1.165) is 0 Å². The molecule has 0 aliphatic carbocycles. The summed E-state index contributed by atoms with van der Waals surface area (Å²) in [6.45, 7) is 20.0. The summed E-state index contributed by atoms with van der Waals surface area (Å²) in [7, 11) is 0. The van der Waals surface area contributed by atoms with Crippen LogP contribution in [-0.4, -0.2) is 23.5 Å². The van der Waals surface area contributed by atoms with Gasteiger partial charge in [-0.3, -0.25) is 4.90 Å². The summed E-state index contributed by atoms with van der Waals surface area (Å²) in [6, 6.07) is 0. The molecule has 0 aliphatic heterocycles. The van der Waals surface area contributed by atoms with E-state index in [1.165, 1.54) is 463 Å². The molecule has 1 unspecified atom stereocenters. The van der Waals surface area contributed by atoms with E-state index in [-0.39, 0.29) is 0 Å². The van der Waals surface area contributed by atoms with Crippen LogP contribution in [0.25, 0.3) is 0 Å². The molecule has 1 heteroatoms. The largest absolute Gasteiger partial charge is 0.298 e. The van der Waals surface area contributed by atoms with Crippen molar-refractivity contribution in [2.24, 2.45) is 5.41 Å². The molecule has 1 nitrogen and oxygen atoms in total. The van der Waals surface area contributed by atoms with Gasteiger partial charge in [0, 0.05) is 5.54 Å². The van der Waals surface area contributed by atoms with Gasteiger partial charge in [-0.05, 0) is 64.0 Å². The fraction of sp³-hybridized carbons (Fsp3) is 1.00. The van der Waals surface area contributed by atoms with Crippen molar-refractivity contribution in [1.82, 2.24) is 4.90 Å². The van der Waals surface area contributed by atoms with Crippen LogP contribution < -0.4 is 0 Å². The second-order valence-electron chi connectivity index (χ2n) is 29.6. The first-order valence-corrected chi connectivity index (χ1v) is 40.1. The normalized spacial score (nSPS) is 12.9. The zero-order chi connectivity index (χ0) is 59.5. The molecule has 0 radical (unpaired) electrons. The lowest BCUT2D eigenvalue weighted by molar-refractivity contribution is 0.0751. The number of rotatable bonds is 74. The first-order valence-electron chi connectivity index (χ1n) is 40.1. The summed E-state index contributed by atoms with van der Waals surface area (Å²) < 4.78 is 0. The van der Waals surface area contributed by atoms with Crippen molar-refractivity contribution in [2.75, 3.05) is 13.1 Å². The van der Waals surface area contributed by atoms with Gasteiger partial charge in [0.2, 0.25) is 0 Å². The zero-order valence-electron chi connectivity index (χ0n) is 59.4. The van der Waals surface area contributed by atoms with Gasteiger partial charge in [0.05, 0.1) is 0 Å².